The minimum absolute atomic E-state index is 0.350. The lowest BCUT2D eigenvalue weighted by molar-refractivity contribution is 0.562. The van der Waals surface area contributed by atoms with Crippen molar-refractivity contribution in [1.29, 1.82) is 0 Å². The lowest BCUT2D eigenvalue weighted by atomic mass is 10.2. The van der Waals surface area contributed by atoms with E-state index in [0.29, 0.717) is 10.0 Å². The minimum Gasteiger partial charge on any atom is -0.591 e. The van der Waals surface area contributed by atoms with E-state index in [1.807, 2.05) is 20.8 Å². The Bertz CT molecular complexity index is 383. The van der Waals surface area contributed by atoms with E-state index in [1.165, 1.54) is 18.3 Å². The van der Waals surface area contributed by atoms with Gasteiger partial charge in [-0.15, -0.1) is 0 Å². The molecule has 2 nitrogen and oxygen atoms in total. The third-order valence-electron chi connectivity index (χ3n) is 1.71. The van der Waals surface area contributed by atoms with Crippen molar-refractivity contribution < 1.29 is 8.94 Å². The molecule has 0 aliphatic heterocycles. The Hall–Kier alpha value is -0.390. The molecule has 0 bridgehead atoms. The fraction of sp³-hybridized carbons (Fsp3) is 0.364. The van der Waals surface area contributed by atoms with Gasteiger partial charge in [0.25, 0.3) is 0 Å². The molecule has 1 aromatic rings. The van der Waals surface area contributed by atoms with Crippen LogP contribution in [0.5, 0.6) is 0 Å². The van der Waals surface area contributed by atoms with E-state index in [4.69, 9.17) is 0 Å². The largest absolute Gasteiger partial charge is 0.591 e. The van der Waals surface area contributed by atoms with Crippen LogP contribution in [0.3, 0.4) is 0 Å². The highest BCUT2D eigenvalue weighted by Crippen LogP contribution is 2.18. The van der Waals surface area contributed by atoms with Crippen LogP contribution in [0.25, 0.3) is 0 Å². The van der Waals surface area contributed by atoms with Crippen LogP contribution in [-0.4, -0.2) is 15.5 Å². The zero-order valence-electron chi connectivity index (χ0n) is 9.33. The van der Waals surface area contributed by atoms with Gasteiger partial charge in [0.15, 0.2) is 0 Å². The summed E-state index contributed by atoms with van der Waals surface area (Å²) in [6.07, 6.45) is 1.43. The molecular formula is C11H13BrFNOS. The molecule has 16 heavy (non-hydrogen) atoms. The minimum atomic E-state index is -1.32. The monoisotopic (exact) mass is 305 g/mol. The van der Waals surface area contributed by atoms with Crippen LogP contribution < -0.4 is 0 Å². The fourth-order valence-electron chi connectivity index (χ4n) is 0.917. The molecule has 0 fully saturated rings. The molecule has 0 saturated heterocycles. The lowest BCUT2D eigenvalue weighted by Gasteiger charge is -2.17. The number of hydrogen-bond acceptors (Lipinski definition) is 2. The predicted octanol–water partition coefficient (Wildman–Crippen LogP) is 3.47. The first-order chi connectivity index (χ1) is 7.29. The predicted molar refractivity (Wildman–Crippen MR) is 69.6 cm³/mol. The zero-order valence-corrected chi connectivity index (χ0v) is 11.7. The summed E-state index contributed by atoms with van der Waals surface area (Å²) < 4.78 is 28.8. The topological polar surface area (TPSA) is 35.4 Å². The maximum atomic E-state index is 13.0. The van der Waals surface area contributed by atoms with Crippen molar-refractivity contribution in [3.8, 4) is 0 Å². The van der Waals surface area contributed by atoms with Crippen LogP contribution >= 0.6 is 15.9 Å². The molecule has 1 rings (SSSR count). The van der Waals surface area contributed by atoms with Gasteiger partial charge in [0.1, 0.15) is 21.9 Å². The Kier molecular flexibility index (Phi) is 4.52. The zero-order chi connectivity index (χ0) is 12.3. The summed E-state index contributed by atoms with van der Waals surface area (Å²) in [7, 11) is 0. The molecule has 0 heterocycles. The molecule has 1 atom stereocenters. The third-order valence-corrected chi connectivity index (χ3v) is 3.51. The van der Waals surface area contributed by atoms with Gasteiger partial charge in [-0.1, -0.05) is 20.3 Å². The first kappa shape index (κ1) is 13.7. The standard InChI is InChI=1S/C11H13BrFNOS/c1-11(2,3)16(15)14-7-8-4-9(12)6-10(13)5-8/h4-7H,1-3H3/b14-7+/t16-/m1/s1. The van der Waals surface area contributed by atoms with Crippen LogP contribution in [-0.2, 0) is 11.4 Å². The van der Waals surface area contributed by atoms with Crippen LogP contribution in [0.1, 0.15) is 26.3 Å². The molecule has 88 valence electrons. The summed E-state index contributed by atoms with van der Waals surface area (Å²) in [6.45, 7) is 5.51. The van der Waals surface area contributed by atoms with Gasteiger partial charge >= 0.3 is 0 Å². The van der Waals surface area contributed by atoms with Gasteiger partial charge in [-0.05, 0) is 39.0 Å². The molecule has 0 amide bonds. The maximum Gasteiger partial charge on any atom is 0.144 e. The second kappa shape index (κ2) is 5.29. The van der Waals surface area contributed by atoms with Gasteiger partial charge < -0.3 is 4.55 Å². The van der Waals surface area contributed by atoms with E-state index in [-0.39, 0.29) is 5.82 Å². The lowest BCUT2D eigenvalue weighted by Crippen LogP contribution is -2.25. The second-order valence-corrected chi connectivity index (χ2v) is 7.15. The fourth-order valence-corrected chi connectivity index (χ4v) is 1.93. The van der Waals surface area contributed by atoms with Crippen LogP contribution in [0.2, 0.25) is 0 Å². The summed E-state index contributed by atoms with van der Waals surface area (Å²) in [6, 6.07) is 4.42. The Morgan fingerprint density at radius 3 is 2.50 bits per heavy atom. The number of halogens is 2. The second-order valence-electron chi connectivity index (χ2n) is 4.30. The SMILES string of the molecule is CC(C)(C)[S@@+]([O-])/N=C/c1cc(F)cc(Br)c1. The number of rotatable bonds is 2. The van der Waals surface area contributed by atoms with Crippen molar-refractivity contribution in [2.75, 3.05) is 0 Å². The highest BCUT2D eigenvalue weighted by atomic mass is 79.9. The van der Waals surface area contributed by atoms with E-state index < -0.39 is 16.1 Å². The van der Waals surface area contributed by atoms with E-state index in [2.05, 4.69) is 20.3 Å². The average Bonchev–Trinajstić information content (AvgIpc) is 2.11. The van der Waals surface area contributed by atoms with Crippen molar-refractivity contribution in [3.05, 3.63) is 34.1 Å². The summed E-state index contributed by atoms with van der Waals surface area (Å²) in [5, 5.41) is 0. The third kappa shape index (κ3) is 4.23. The molecule has 1 aromatic carbocycles. The van der Waals surface area contributed by atoms with Crippen molar-refractivity contribution in [2.45, 2.75) is 25.5 Å². The molecule has 0 aliphatic carbocycles. The van der Waals surface area contributed by atoms with E-state index in [9.17, 15) is 8.94 Å². The van der Waals surface area contributed by atoms with Crippen molar-refractivity contribution >= 4 is 33.5 Å². The molecule has 0 aromatic heterocycles. The quantitative estimate of drug-likeness (QED) is 0.608. The smallest absolute Gasteiger partial charge is 0.144 e. The van der Waals surface area contributed by atoms with Gasteiger partial charge in [0, 0.05) is 10.0 Å². The van der Waals surface area contributed by atoms with E-state index in [0.717, 1.165) is 0 Å². The Morgan fingerprint density at radius 2 is 2.00 bits per heavy atom. The molecule has 0 radical (unpaired) electrons. The van der Waals surface area contributed by atoms with Gasteiger partial charge in [0.05, 0.1) is 6.21 Å². The molecule has 5 heteroatoms. The molecule has 0 aliphatic rings. The van der Waals surface area contributed by atoms with Crippen molar-refractivity contribution in [3.63, 3.8) is 0 Å². The number of hydrogen-bond donors (Lipinski definition) is 0. The summed E-state index contributed by atoms with van der Waals surface area (Å²) in [4.78, 5) is 0. The van der Waals surface area contributed by atoms with Crippen molar-refractivity contribution in [1.82, 2.24) is 0 Å². The van der Waals surface area contributed by atoms with Gasteiger partial charge in [0.2, 0.25) is 0 Å². The van der Waals surface area contributed by atoms with Gasteiger partial charge in [-0.25, -0.2) is 4.39 Å². The van der Waals surface area contributed by atoms with Crippen LogP contribution in [0.4, 0.5) is 4.39 Å². The average molecular weight is 306 g/mol. The summed E-state index contributed by atoms with van der Waals surface area (Å²) in [5.74, 6) is -0.350. The summed E-state index contributed by atoms with van der Waals surface area (Å²) >= 11 is 1.86. The molecule has 0 saturated carbocycles. The Morgan fingerprint density at radius 1 is 1.38 bits per heavy atom. The summed E-state index contributed by atoms with van der Waals surface area (Å²) in [5.41, 5.74) is 0.587. The van der Waals surface area contributed by atoms with Crippen molar-refractivity contribution in [2.24, 2.45) is 4.40 Å². The maximum absolute atomic E-state index is 13.0. The Labute approximate surface area is 106 Å². The normalized spacial score (nSPS) is 14.4. The molecule has 0 spiro atoms. The number of benzene rings is 1. The van der Waals surface area contributed by atoms with Gasteiger partial charge in [-0.3, -0.25) is 0 Å². The van der Waals surface area contributed by atoms with E-state index in [1.54, 1.807) is 6.07 Å². The highest BCUT2D eigenvalue weighted by molar-refractivity contribution is 9.10. The first-order valence-electron chi connectivity index (χ1n) is 4.71. The Balaban J connectivity index is 2.84. The highest BCUT2D eigenvalue weighted by Gasteiger charge is 2.25. The van der Waals surface area contributed by atoms with Gasteiger partial charge in [-0.2, -0.15) is 0 Å². The number of nitrogens with zero attached hydrogens (tertiary/aromatic N) is 1. The van der Waals surface area contributed by atoms with E-state index >= 15 is 0 Å². The molecular weight excluding hydrogens is 293 g/mol. The molecule has 0 N–H and O–H groups in total. The van der Waals surface area contributed by atoms with Crippen LogP contribution in [0.15, 0.2) is 27.1 Å². The molecule has 0 unspecified atom stereocenters. The first-order valence-corrected chi connectivity index (χ1v) is 6.61. The van der Waals surface area contributed by atoms with Crippen LogP contribution in [0, 0.1) is 5.82 Å².